The number of nitrogens with one attached hydrogen (secondary N) is 2. The molecular weight excluding hydrogens is 402 g/mol. The first-order chi connectivity index (χ1) is 14.2. The molecule has 158 valence electrons. The van der Waals surface area contributed by atoms with E-state index in [2.05, 4.69) is 24.5 Å². The first-order valence-corrected chi connectivity index (χ1v) is 10.3. The molecule has 1 atom stereocenters. The Morgan fingerprint density at radius 1 is 1.10 bits per heavy atom. The molecule has 0 bridgehead atoms. The van der Waals surface area contributed by atoms with Crippen molar-refractivity contribution in [3.8, 4) is 0 Å². The molecule has 6 nitrogen and oxygen atoms in total. The summed E-state index contributed by atoms with van der Waals surface area (Å²) in [6.45, 7) is 5.93. The van der Waals surface area contributed by atoms with Crippen LogP contribution in [0.3, 0.4) is 0 Å². The second-order valence-electron chi connectivity index (χ2n) is 7.95. The van der Waals surface area contributed by atoms with Crippen LogP contribution in [-0.4, -0.2) is 35.8 Å². The molecule has 7 heteroatoms. The molecule has 1 heterocycles. The molecule has 4 amide bonds. The summed E-state index contributed by atoms with van der Waals surface area (Å²) < 4.78 is 0. The van der Waals surface area contributed by atoms with Gasteiger partial charge in [-0.25, -0.2) is 4.79 Å². The van der Waals surface area contributed by atoms with E-state index in [1.54, 1.807) is 19.1 Å². The van der Waals surface area contributed by atoms with Crippen LogP contribution in [0.2, 0.25) is 5.02 Å². The van der Waals surface area contributed by atoms with Gasteiger partial charge in [0.2, 0.25) is 5.91 Å². The SMILES string of the molecule is CC(C)c1ccc(C2(C)NC(=O)N(CC(=O)NCCc3ccc(Cl)cc3)C2=O)cc1. The molecule has 1 unspecified atom stereocenters. The second kappa shape index (κ2) is 8.88. The van der Waals surface area contributed by atoms with Gasteiger partial charge in [0.1, 0.15) is 12.1 Å². The molecule has 2 N–H and O–H groups in total. The first-order valence-electron chi connectivity index (χ1n) is 9.96. The van der Waals surface area contributed by atoms with Crippen molar-refractivity contribution in [2.45, 2.75) is 38.6 Å². The molecule has 2 aromatic carbocycles. The third kappa shape index (κ3) is 4.65. The Balaban J connectivity index is 1.59. The zero-order valence-electron chi connectivity index (χ0n) is 17.4. The molecule has 1 saturated heterocycles. The van der Waals surface area contributed by atoms with Crippen LogP contribution >= 0.6 is 11.6 Å². The Kier molecular flexibility index (Phi) is 6.46. The van der Waals surface area contributed by atoms with Crippen molar-refractivity contribution in [1.82, 2.24) is 15.5 Å². The summed E-state index contributed by atoms with van der Waals surface area (Å²) in [4.78, 5) is 38.6. The topological polar surface area (TPSA) is 78.5 Å². The van der Waals surface area contributed by atoms with Gasteiger partial charge in [-0.1, -0.05) is 61.8 Å². The van der Waals surface area contributed by atoms with Crippen LogP contribution < -0.4 is 10.6 Å². The summed E-state index contributed by atoms with van der Waals surface area (Å²) in [7, 11) is 0. The van der Waals surface area contributed by atoms with Crippen LogP contribution in [-0.2, 0) is 21.5 Å². The Morgan fingerprint density at radius 3 is 2.33 bits per heavy atom. The van der Waals surface area contributed by atoms with Gasteiger partial charge in [0.25, 0.3) is 5.91 Å². The number of carbonyl (C=O) groups is 3. The highest BCUT2D eigenvalue weighted by atomic mass is 35.5. The summed E-state index contributed by atoms with van der Waals surface area (Å²) in [5, 5.41) is 6.14. The molecule has 0 aromatic heterocycles. The van der Waals surface area contributed by atoms with Gasteiger partial charge in [0.05, 0.1) is 0 Å². The molecular formula is C23H26ClN3O3. The van der Waals surface area contributed by atoms with E-state index in [1.807, 2.05) is 36.4 Å². The molecule has 1 aliphatic rings. The molecule has 2 aromatic rings. The van der Waals surface area contributed by atoms with Crippen molar-refractivity contribution < 1.29 is 14.4 Å². The summed E-state index contributed by atoms with van der Waals surface area (Å²) in [6.07, 6.45) is 0.628. The second-order valence-corrected chi connectivity index (χ2v) is 8.39. The van der Waals surface area contributed by atoms with E-state index in [4.69, 9.17) is 11.6 Å². The summed E-state index contributed by atoms with van der Waals surface area (Å²) in [5.74, 6) is -0.446. The van der Waals surface area contributed by atoms with Gasteiger partial charge in [0.15, 0.2) is 0 Å². The van der Waals surface area contributed by atoms with Gasteiger partial charge < -0.3 is 10.6 Å². The van der Waals surface area contributed by atoms with Crippen molar-refractivity contribution in [2.75, 3.05) is 13.1 Å². The number of benzene rings is 2. The molecule has 1 aliphatic heterocycles. The van der Waals surface area contributed by atoms with E-state index >= 15 is 0 Å². The summed E-state index contributed by atoms with van der Waals surface area (Å²) >= 11 is 5.86. The zero-order chi connectivity index (χ0) is 21.9. The Labute approximate surface area is 181 Å². The van der Waals surface area contributed by atoms with Gasteiger partial charge in [-0.2, -0.15) is 0 Å². The maximum Gasteiger partial charge on any atom is 0.325 e. The number of carbonyl (C=O) groups excluding carboxylic acids is 3. The van der Waals surface area contributed by atoms with Crippen LogP contribution in [0, 0.1) is 0 Å². The van der Waals surface area contributed by atoms with Gasteiger partial charge in [0, 0.05) is 11.6 Å². The highest BCUT2D eigenvalue weighted by molar-refractivity contribution is 6.30. The van der Waals surface area contributed by atoms with E-state index in [0.717, 1.165) is 16.0 Å². The van der Waals surface area contributed by atoms with Gasteiger partial charge in [-0.05, 0) is 48.1 Å². The molecule has 1 fully saturated rings. The number of imide groups is 1. The lowest BCUT2D eigenvalue weighted by Crippen LogP contribution is -2.43. The van der Waals surface area contributed by atoms with Gasteiger partial charge in [-0.3, -0.25) is 14.5 Å². The van der Waals surface area contributed by atoms with Crippen molar-refractivity contribution in [1.29, 1.82) is 0 Å². The smallest absolute Gasteiger partial charge is 0.325 e. The first kappa shape index (κ1) is 21.8. The Hall–Kier alpha value is -2.86. The molecule has 0 spiro atoms. The van der Waals surface area contributed by atoms with Crippen LogP contribution in [0.4, 0.5) is 4.79 Å². The van der Waals surface area contributed by atoms with Crippen molar-refractivity contribution in [2.24, 2.45) is 0 Å². The molecule has 3 rings (SSSR count). The fourth-order valence-corrected chi connectivity index (χ4v) is 3.56. The lowest BCUT2D eigenvalue weighted by atomic mass is 9.90. The maximum absolute atomic E-state index is 13.0. The minimum atomic E-state index is -1.18. The number of amides is 4. The van der Waals surface area contributed by atoms with Crippen molar-refractivity contribution >= 4 is 29.4 Å². The Bertz CT molecular complexity index is 941. The highest BCUT2D eigenvalue weighted by Crippen LogP contribution is 2.29. The summed E-state index contributed by atoms with van der Waals surface area (Å²) in [6, 6.07) is 14.4. The number of nitrogens with zero attached hydrogens (tertiary/aromatic N) is 1. The largest absolute Gasteiger partial charge is 0.354 e. The molecule has 0 radical (unpaired) electrons. The maximum atomic E-state index is 13.0. The molecule has 0 saturated carbocycles. The van der Waals surface area contributed by atoms with Crippen LogP contribution in [0.1, 0.15) is 43.4 Å². The minimum Gasteiger partial charge on any atom is -0.354 e. The number of rotatable bonds is 7. The van der Waals surface area contributed by atoms with Crippen molar-refractivity contribution in [3.63, 3.8) is 0 Å². The predicted molar refractivity (Wildman–Crippen MR) is 116 cm³/mol. The van der Waals surface area contributed by atoms with Crippen LogP contribution in [0.5, 0.6) is 0 Å². The fourth-order valence-electron chi connectivity index (χ4n) is 3.43. The van der Waals surface area contributed by atoms with Gasteiger partial charge >= 0.3 is 6.03 Å². The zero-order valence-corrected chi connectivity index (χ0v) is 18.1. The Morgan fingerprint density at radius 2 is 1.73 bits per heavy atom. The van der Waals surface area contributed by atoms with E-state index in [-0.39, 0.29) is 12.5 Å². The minimum absolute atomic E-state index is 0.315. The quantitative estimate of drug-likeness (QED) is 0.663. The van der Waals surface area contributed by atoms with E-state index in [1.165, 1.54) is 0 Å². The lowest BCUT2D eigenvalue weighted by Gasteiger charge is -2.22. The number of hydrogen-bond acceptors (Lipinski definition) is 3. The van der Waals surface area contributed by atoms with Crippen molar-refractivity contribution in [3.05, 3.63) is 70.2 Å². The third-order valence-corrected chi connectivity index (χ3v) is 5.63. The monoisotopic (exact) mass is 427 g/mol. The van der Waals surface area contributed by atoms with E-state index < -0.39 is 17.5 Å². The third-order valence-electron chi connectivity index (χ3n) is 5.38. The average Bonchev–Trinajstić information content (AvgIpc) is 2.93. The van der Waals surface area contributed by atoms with E-state index in [9.17, 15) is 14.4 Å². The van der Waals surface area contributed by atoms with Crippen LogP contribution in [0.25, 0.3) is 0 Å². The molecule has 30 heavy (non-hydrogen) atoms. The number of halogens is 1. The highest BCUT2D eigenvalue weighted by Gasteiger charge is 2.49. The number of urea groups is 1. The summed E-state index contributed by atoms with van der Waals surface area (Å²) in [5.41, 5.74) is 1.69. The number of hydrogen-bond donors (Lipinski definition) is 2. The van der Waals surface area contributed by atoms with Gasteiger partial charge in [-0.15, -0.1) is 0 Å². The van der Waals surface area contributed by atoms with E-state index in [0.29, 0.717) is 29.5 Å². The van der Waals surface area contributed by atoms with Crippen LogP contribution in [0.15, 0.2) is 48.5 Å². The molecule has 0 aliphatic carbocycles. The normalized spacial score (nSPS) is 18.6. The fraction of sp³-hybridized carbons (Fsp3) is 0.348. The lowest BCUT2D eigenvalue weighted by molar-refractivity contribution is -0.134. The standard InChI is InChI=1S/C23H26ClN3O3/c1-15(2)17-6-8-18(9-7-17)23(3)21(29)27(22(30)26-23)14-20(28)25-13-12-16-4-10-19(24)11-5-16/h4-11,15H,12-14H2,1-3H3,(H,25,28)(H,26,30). The predicted octanol–water partition coefficient (Wildman–Crippen LogP) is 3.59. The average molecular weight is 428 g/mol.